The van der Waals surface area contributed by atoms with Crippen LogP contribution in [0.15, 0.2) is 54.6 Å². The molecule has 180 valence electrons. The highest BCUT2D eigenvalue weighted by atomic mass is 16.6. The lowest BCUT2D eigenvalue weighted by molar-refractivity contribution is -0.150. The number of carbonyl (C=O) groups excluding carboxylic acids is 2. The molecule has 33 heavy (non-hydrogen) atoms. The molecular formula is C27H37NO5. The van der Waals surface area contributed by atoms with E-state index in [1.165, 1.54) is 0 Å². The van der Waals surface area contributed by atoms with Crippen LogP contribution in [-0.2, 0) is 25.4 Å². The van der Waals surface area contributed by atoms with Crippen molar-refractivity contribution in [3.63, 3.8) is 0 Å². The highest BCUT2D eigenvalue weighted by Gasteiger charge is 2.27. The van der Waals surface area contributed by atoms with Gasteiger partial charge in [-0.2, -0.15) is 0 Å². The number of esters is 1. The number of alkyl carbamates (subject to hydrolysis) is 1. The summed E-state index contributed by atoms with van der Waals surface area (Å²) in [5, 5.41) is 2.95. The zero-order valence-electron chi connectivity index (χ0n) is 20.4. The molecule has 0 spiro atoms. The number of hydrogen-bond donors (Lipinski definition) is 1. The van der Waals surface area contributed by atoms with Crippen molar-refractivity contribution in [2.45, 2.75) is 59.1 Å². The molecule has 0 aromatic heterocycles. The molecule has 0 radical (unpaired) electrons. The van der Waals surface area contributed by atoms with Crippen molar-refractivity contribution in [1.29, 1.82) is 0 Å². The van der Waals surface area contributed by atoms with Crippen LogP contribution in [0.25, 0.3) is 11.1 Å². The summed E-state index contributed by atoms with van der Waals surface area (Å²) >= 11 is 0. The Kier molecular flexibility index (Phi) is 10.4. The van der Waals surface area contributed by atoms with Gasteiger partial charge < -0.3 is 19.5 Å². The fourth-order valence-electron chi connectivity index (χ4n) is 3.51. The van der Waals surface area contributed by atoms with E-state index in [1.54, 1.807) is 6.92 Å². The predicted octanol–water partition coefficient (Wildman–Crippen LogP) is 5.40. The van der Waals surface area contributed by atoms with Crippen LogP contribution >= 0.6 is 0 Å². The molecule has 0 unspecified atom stereocenters. The lowest BCUT2D eigenvalue weighted by atomic mass is 9.94. The molecule has 0 saturated heterocycles. The van der Waals surface area contributed by atoms with Gasteiger partial charge in [-0.3, -0.25) is 4.79 Å². The van der Waals surface area contributed by atoms with Gasteiger partial charge in [0.1, 0.15) is 5.60 Å². The lowest BCUT2D eigenvalue weighted by Gasteiger charge is -2.26. The SMILES string of the molecule is CCOC[C@H](C[C@@H](Cc1ccc(-c2ccccc2)cc1)NC(=O)OC(C)(C)C)C(=O)OCC. The molecule has 2 aromatic rings. The Morgan fingerprint density at radius 2 is 1.55 bits per heavy atom. The number of ether oxygens (including phenoxy) is 3. The van der Waals surface area contributed by atoms with Crippen molar-refractivity contribution in [3.8, 4) is 11.1 Å². The molecule has 0 aliphatic rings. The van der Waals surface area contributed by atoms with E-state index in [9.17, 15) is 9.59 Å². The van der Waals surface area contributed by atoms with Gasteiger partial charge in [-0.25, -0.2) is 4.79 Å². The molecule has 0 saturated carbocycles. The minimum absolute atomic E-state index is 0.245. The average molecular weight is 456 g/mol. The highest BCUT2D eigenvalue weighted by Crippen LogP contribution is 2.21. The Hall–Kier alpha value is -2.86. The normalized spacial score (nSPS) is 13.1. The number of rotatable bonds is 11. The molecule has 6 heteroatoms. The van der Waals surface area contributed by atoms with Crippen molar-refractivity contribution in [2.75, 3.05) is 19.8 Å². The van der Waals surface area contributed by atoms with E-state index < -0.39 is 17.6 Å². The largest absolute Gasteiger partial charge is 0.466 e. The molecule has 1 N–H and O–H groups in total. The number of benzene rings is 2. The van der Waals surface area contributed by atoms with Gasteiger partial charge in [0.25, 0.3) is 0 Å². The quantitative estimate of drug-likeness (QED) is 0.460. The second kappa shape index (κ2) is 13.0. The summed E-state index contributed by atoms with van der Waals surface area (Å²) in [5.74, 6) is -0.796. The molecule has 0 aliphatic carbocycles. The third-order valence-electron chi connectivity index (χ3n) is 4.98. The molecule has 0 bridgehead atoms. The Morgan fingerprint density at radius 3 is 2.12 bits per heavy atom. The van der Waals surface area contributed by atoms with E-state index in [0.717, 1.165) is 16.7 Å². The van der Waals surface area contributed by atoms with Crippen LogP contribution in [0.4, 0.5) is 4.79 Å². The minimum Gasteiger partial charge on any atom is -0.466 e. The third kappa shape index (κ3) is 9.66. The van der Waals surface area contributed by atoms with E-state index >= 15 is 0 Å². The van der Waals surface area contributed by atoms with E-state index in [4.69, 9.17) is 14.2 Å². The van der Waals surface area contributed by atoms with Crippen LogP contribution < -0.4 is 5.32 Å². The monoisotopic (exact) mass is 455 g/mol. The summed E-state index contributed by atoms with van der Waals surface area (Å²) in [6.45, 7) is 10.2. The zero-order valence-corrected chi connectivity index (χ0v) is 20.4. The van der Waals surface area contributed by atoms with Crippen LogP contribution in [0.3, 0.4) is 0 Å². The molecule has 2 aromatic carbocycles. The summed E-state index contributed by atoms with van der Waals surface area (Å²) < 4.78 is 16.2. The van der Waals surface area contributed by atoms with Crippen LogP contribution in [0.1, 0.15) is 46.6 Å². The summed E-state index contributed by atoms with van der Waals surface area (Å²) in [7, 11) is 0. The smallest absolute Gasteiger partial charge is 0.407 e. The minimum atomic E-state index is -0.613. The van der Waals surface area contributed by atoms with Gasteiger partial charge in [0.2, 0.25) is 0 Å². The maximum atomic E-state index is 12.5. The number of amides is 1. The van der Waals surface area contributed by atoms with Crippen molar-refractivity contribution in [3.05, 3.63) is 60.2 Å². The first-order chi connectivity index (χ1) is 15.7. The van der Waals surface area contributed by atoms with Crippen molar-refractivity contribution >= 4 is 12.1 Å². The summed E-state index contributed by atoms with van der Waals surface area (Å²) in [6, 6.07) is 18.1. The third-order valence-corrected chi connectivity index (χ3v) is 4.98. The summed E-state index contributed by atoms with van der Waals surface area (Å²) in [6.07, 6.45) is 0.432. The van der Waals surface area contributed by atoms with Gasteiger partial charge in [0.05, 0.1) is 19.1 Å². The lowest BCUT2D eigenvalue weighted by Crippen LogP contribution is -2.42. The average Bonchev–Trinajstić information content (AvgIpc) is 2.76. The van der Waals surface area contributed by atoms with Crippen molar-refractivity contribution < 1.29 is 23.8 Å². The Morgan fingerprint density at radius 1 is 0.909 bits per heavy atom. The maximum absolute atomic E-state index is 12.5. The van der Waals surface area contributed by atoms with Gasteiger partial charge in [0, 0.05) is 12.6 Å². The molecular weight excluding hydrogens is 418 g/mol. The van der Waals surface area contributed by atoms with E-state index in [2.05, 4.69) is 29.6 Å². The predicted molar refractivity (Wildman–Crippen MR) is 130 cm³/mol. The summed E-state index contributed by atoms with van der Waals surface area (Å²) in [4.78, 5) is 25.0. The maximum Gasteiger partial charge on any atom is 0.407 e. The van der Waals surface area contributed by atoms with Crippen LogP contribution in [0.5, 0.6) is 0 Å². The van der Waals surface area contributed by atoms with E-state index in [1.807, 2.05) is 58.0 Å². The topological polar surface area (TPSA) is 73.9 Å². The first-order valence-corrected chi connectivity index (χ1v) is 11.6. The molecule has 2 rings (SSSR count). The Labute approximate surface area is 197 Å². The zero-order chi connectivity index (χ0) is 24.3. The van der Waals surface area contributed by atoms with Gasteiger partial charge in [-0.1, -0.05) is 54.6 Å². The van der Waals surface area contributed by atoms with E-state index in [-0.39, 0.29) is 18.6 Å². The molecule has 0 aliphatic heterocycles. The van der Waals surface area contributed by atoms with Crippen LogP contribution in [0.2, 0.25) is 0 Å². The fraction of sp³-hybridized carbons (Fsp3) is 0.481. The number of hydrogen-bond acceptors (Lipinski definition) is 5. The molecule has 0 heterocycles. The van der Waals surface area contributed by atoms with E-state index in [0.29, 0.717) is 26.1 Å². The molecule has 6 nitrogen and oxygen atoms in total. The van der Waals surface area contributed by atoms with Gasteiger partial charge in [-0.05, 0) is 64.2 Å². The Bertz CT molecular complexity index is 858. The van der Waals surface area contributed by atoms with Crippen molar-refractivity contribution in [1.82, 2.24) is 5.32 Å². The highest BCUT2D eigenvalue weighted by molar-refractivity contribution is 5.73. The summed E-state index contributed by atoms with van der Waals surface area (Å²) in [5.41, 5.74) is 2.70. The molecule has 2 atom stereocenters. The van der Waals surface area contributed by atoms with Crippen molar-refractivity contribution in [2.24, 2.45) is 5.92 Å². The standard InChI is InChI=1S/C27H37NO5/c1-6-31-19-23(25(29)32-7-2)18-24(28-26(30)33-27(3,4)5)17-20-13-15-22(16-14-20)21-11-9-8-10-12-21/h8-16,23-24H,6-7,17-19H2,1-5H3,(H,28,30)/t23-,24+/m0/s1. The van der Waals surface area contributed by atoms with Crippen LogP contribution in [-0.4, -0.2) is 43.5 Å². The second-order valence-corrected chi connectivity index (χ2v) is 8.95. The molecule has 1 amide bonds. The first-order valence-electron chi connectivity index (χ1n) is 11.6. The van der Waals surface area contributed by atoms with Crippen LogP contribution in [0, 0.1) is 5.92 Å². The number of nitrogens with one attached hydrogen (secondary N) is 1. The molecule has 0 fully saturated rings. The number of carbonyl (C=O) groups is 2. The van der Waals surface area contributed by atoms with Gasteiger partial charge in [-0.15, -0.1) is 0 Å². The van der Waals surface area contributed by atoms with Gasteiger partial charge in [0.15, 0.2) is 0 Å². The van der Waals surface area contributed by atoms with Gasteiger partial charge >= 0.3 is 12.1 Å². The fourth-order valence-corrected chi connectivity index (χ4v) is 3.51. The first kappa shape index (κ1) is 26.4. The Balaban J connectivity index is 2.18. The second-order valence-electron chi connectivity index (χ2n) is 8.95.